The Morgan fingerprint density at radius 2 is 2.33 bits per heavy atom. The van der Waals surface area contributed by atoms with Crippen LogP contribution in [0.1, 0.15) is 36.3 Å². The highest BCUT2D eigenvalue weighted by Crippen LogP contribution is 2.27. The van der Waals surface area contributed by atoms with Crippen LogP contribution in [0.2, 0.25) is 0 Å². The molecular weight excluding hydrogens is 248 g/mol. The predicted octanol–water partition coefficient (Wildman–Crippen LogP) is 2.38. The van der Waals surface area contributed by atoms with Crippen molar-refractivity contribution in [3.63, 3.8) is 0 Å². The van der Waals surface area contributed by atoms with E-state index in [2.05, 4.69) is 14.8 Å². The SMILES string of the molecule is COC(=O)CCc1csc2nc3c(n12)CCCC3. The second kappa shape index (κ2) is 4.72. The molecule has 2 aromatic heterocycles. The van der Waals surface area contributed by atoms with Gasteiger partial charge in [0.15, 0.2) is 4.96 Å². The Morgan fingerprint density at radius 3 is 3.17 bits per heavy atom. The minimum Gasteiger partial charge on any atom is -0.469 e. The van der Waals surface area contributed by atoms with Gasteiger partial charge in [0.1, 0.15) is 0 Å². The van der Waals surface area contributed by atoms with E-state index < -0.39 is 0 Å². The number of hydrogen-bond acceptors (Lipinski definition) is 4. The van der Waals surface area contributed by atoms with Crippen LogP contribution in [-0.4, -0.2) is 22.5 Å². The molecule has 0 bridgehead atoms. The first-order valence-corrected chi connectivity index (χ1v) is 7.21. The maximum Gasteiger partial charge on any atom is 0.305 e. The van der Waals surface area contributed by atoms with Gasteiger partial charge in [-0.2, -0.15) is 0 Å². The molecule has 0 spiro atoms. The monoisotopic (exact) mass is 264 g/mol. The molecule has 0 amide bonds. The summed E-state index contributed by atoms with van der Waals surface area (Å²) in [5.41, 5.74) is 3.81. The molecule has 0 aliphatic heterocycles. The van der Waals surface area contributed by atoms with Crippen LogP contribution in [0.25, 0.3) is 4.96 Å². The Kier molecular flexibility index (Phi) is 3.07. The fourth-order valence-electron chi connectivity index (χ4n) is 2.57. The molecule has 0 unspecified atom stereocenters. The average molecular weight is 264 g/mol. The summed E-state index contributed by atoms with van der Waals surface area (Å²) in [5.74, 6) is -0.150. The highest BCUT2D eigenvalue weighted by atomic mass is 32.1. The van der Waals surface area contributed by atoms with Gasteiger partial charge < -0.3 is 4.74 Å². The van der Waals surface area contributed by atoms with Crippen molar-refractivity contribution in [2.45, 2.75) is 38.5 Å². The summed E-state index contributed by atoms with van der Waals surface area (Å²) in [5, 5.41) is 2.11. The first-order chi connectivity index (χ1) is 8.79. The number of methoxy groups -OCH3 is 1. The van der Waals surface area contributed by atoms with E-state index in [1.807, 2.05) is 0 Å². The van der Waals surface area contributed by atoms with E-state index in [1.54, 1.807) is 11.3 Å². The molecule has 0 saturated carbocycles. The number of esters is 1. The van der Waals surface area contributed by atoms with Gasteiger partial charge in [0.2, 0.25) is 0 Å². The van der Waals surface area contributed by atoms with Crippen LogP contribution in [0.5, 0.6) is 0 Å². The second-order valence-electron chi connectivity index (χ2n) is 4.63. The molecule has 0 fully saturated rings. The van der Waals surface area contributed by atoms with Gasteiger partial charge in [0.05, 0.1) is 19.2 Å². The summed E-state index contributed by atoms with van der Waals surface area (Å²) in [6.07, 6.45) is 5.87. The van der Waals surface area contributed by atoms with Crippen LogP contribution in [-0.2, 0) is 28.8 Å². The number of fused-ring (bicyclic) bond motifs is 3. The zero-order valence-corrected chi connectivity index (χ0v) is 11.3. The number of ether oxygens (including phenoxy) is 1. The average Bonchev–Trinajstić information content (AvgIpc) is 2.94. The number of nitrogens with zero attached hydrogens (tertiary/aromatic N) is 2. The molecule has 0 aromatic carbocycles. The number of rotatable bonds is 3. The van der Waals surface area contributed by atoms with E-state index in [9.17, 15) is 4.79 Å². The Bertz CT molecular complexity index is 585. The number of hydrogen-bond donors (Lipinski definition) is 0. The Labute approximate surface area is 110 Å². The molecule has 18 heavy (non-hydrogen) atoms. The van der Waals surface area contributed by atoms with Crippen LogP contribution in [0, 0.1) is 0 Å². The molecule has 0 radical (unpaired) electrons. The maximum absolute atomic E-state index is 11.2. The molecule has 0 saturated heterocycles. The van der Waals surface area contributed by atoms with E-state index in [0.717, 1.165) is 24.2 Å². The Balaban J connectivity index is 1.92. The number of aryl methyl sites for hydroxylation is 3. The maximum atomic E-state index is 11.2. The predicted molar refractivity (Wildman–Crippen MR) is 70.0 cm³/mol. The van der Waals surface area contributed by atoms with Crippen molar-refractivity contribution in [2.24, 2.45) is 0 Å². The minimum absolute atomic E-state index is 0.150. The van der Waals surface area contributed by atoms with Crippen LogP contribution in [0.4, 0.5) is 0 Å². The molecule has 2 aromatic rings. The van der Waals surface area contributed by atoms with E-state index in [1.165, 1.54) is 37.0 Å². The molecule has 0 N–H and O–H groups in total. The van der Waals surface area contributed by atoms with Crippen molar-refractivity contribution in [3.05, 3.63) is 22.5 Å². The van der Waals surface area contributed by atoms with Crippen molar-refractivity contribution >= 4 is 22.3 Å². The van der Waals surface area contributed by atoms with E-state index >= 15 is 0 Å². The van der Waals surface area contributed by atoms with Gasteiger partial charge in [-0.25, -0.2) is 4.98 Å². The normalized spacial score (nSPS) is 14.7. The van der Waals surface area contributed by atoms with Crippen molar-refractivity contribution in [2.75, 3.05) is 7.11 Å². The van der Waals surface area contributed by atoms with Crippen LogP contribution < -0.4 is 0 Å². The standard InChI is InChI=1S/C13H16N2O2S/c1-17-12(16)7-6-9-8-18-13-14-10-4-2-3-5-11(10)15(9)13/h8H,2-7H2,1H3. The number of aromatic nitrogens is 2. The van der Waals surface area contributed by atoms with Gasteiger partial charge in [-0.15, -0.1) is 11.3 Å². The summed E-state index contributed by atoms with van der Waals surface area (Å²) in [6, 6.07) is 0. The lowest BCUT2D eigenvalue weighted by Gasteiger charge is -2.11. The Morgan fingerprint density at radius 1 is 1.50 bits per heavy atom. The molecule has 4 nitrogen and oxygen atoms in total. The third-order valence-corrected chi connectivity index (χ3v) is 4.38. The Hall–Kier alpha value is -1.36. The first-order valence-electron chi connectivity index (χ1n) is 6.33. The minimum atomic E-state index is -0.150. The number of imidazole rings is 1. The molecule has 96 valence electrons. The zero-order chi connectivity index (χ0) is 12.5. The third-order valence-electron chi connectivity index (χ3n) is 3.50. The third kappa shape index (κ3) is 1.92. The smallest absolute Gasteiger partial charge is 0.305 e. The zero-order valence-electron chi connectivity index (χ0n) is 10.4. The topological polar surface area (TPSA) is 43.6 Å². The van der Waals surface area contributed by atoms with Crippen LogP contribution in [0.3, 0.4) is 0 Å². The van der Waals surface area contributed by atoms with Gasteiger partial charge in [-0.1, -0.05) is 0 Å². The van der Waals surface area contributed by atoms with E-state index in [0.29, 0.717) is 6.42 Å². The summed E-state index contributed by atoms with van der Waals surface area (Å²) >= 11 is 1.67. The van der Waals surface area contributed by atoms with E-state index in [-0.39, 0.29) is 5.97 Å². The lowest BCUT2D eigenvalue weighted by atomic mass is 10.0. The summed E-state index contributed by atoms with van der Waals surface area (Å²) in [7, 11) is 1.44. The van der Waals surface area contributed by atoms with Crippen LogP contribution in [0.15, 0.2) is 5.38 Å². The second-order valence-corrected chi connectivity index (χ2v) is 5.47. The molecule has 5 heteroatoms. The highest BCUT2D eigenvalue weighted by molar-refractivity contribution is 7.15. The molecule has 1 aliphatic carbocycles. The lowest BCUT2D eigenvalue weighted by Crippen LogP contribution is -2.07. The van der Waals surface area contributed by atoms with Gasteiger partial charge in [0.25, 0.3) is 0 Å². The molecule has 1 aliphatic rings. The fraction of sp³-hybridized carbons (Fsp3) is 0.538. The first kappa shape index (κ1) is 11.7. The number of carbonyl (C=O) groups is 1. The fourth-order valence-corrected chi connectivity index (χ4v) is 3.53. The molecule has 2 heterocycles. The van der Waals surface area contributed by atoms with Gasteiger partial charge >= 0.3 is 5.97 Å². The summed E-state index contributed by atoms with van der Waals surface area (Å²) in [4.78, 5) is 17.0. The summed E-state index contributed by atoms with van der Waals surface area (Å²) in [6.45, 7) is 0. The largest absolute Gasteiger partial charge is 0.469 e. The van der Waals surface area contributed by atoms with Crippen LogP contribution >= 0.6 is 11.3 Å². The summed E-state index contributed by atoms with van der Waals surface area (Å²) < 4.78 is 6.95. The quantitative estimate of drug-likeness (QED) is 0.799. The van der Waals surface area contributed by atoms with Crippen molar-refractivity contribution in [3.8, 4) is 0 Å². The number of carbonyl (C=O) groups excluding carboxylic acids is 1. The lowest BCUT2D eigenvalue weighted by molar-refractivity contribution is -0.140. The number of thiazole rings is 1. The van der Waals surface area contributed by atoms with Crippen molar-refractivity contribution < 1.29 is 9.53 Å². The highest BCUT2D eigenvalue weighted by Gasteiger charge is 2.19. The van der Waals surface area contributed by atoms with Crippen molar-refractivity contribution in [1.29, 1.82) is 0 Å². The van der Waals surface area contributed by atoms with Gasteiger partial charge in [0, 0.05) is 16.8 Å². The van der Waals surface area contributed by atoms with Gasteiger partial charge in [-0.3, -0.25) is 9.20 Å². The van der Waals surface area contributed by atoms with Gasteiger partial charge in [-0.05, 0) is 32.1 Å². The van der Waals surface area contributed by atoms with Crippen molar-refractivity contribution in [1.82, 2.24) is 9.38 Å². The van der Waals surface area contributed by atoms with E-state index in [4.69, 9.17) is 4.74 Å². The molecular formula is C13H16N2O2S. The molecule has 3 rings (SSSR count). The molecule has 0 atom stereocenters.